The van der Waals surface area contributed by atoms with Crippen molar-refractivity contribution in [1.82, 2.24) is 4.90 Å². The summed E-state index contributed by atoms with van der Waals surface area (Å²) >= 11 is 0. The molecule has 1 unspecified atom stereocenters. The van der Waals surface area contributed by atoms with Gasteiger partial charge in [0.05, 0.1) is 12.4 Å². The molecule has 2 aliphatic rings. The first-order valence-corrected chi connectivity index (χ1v) is 6.87. The van der Waals surface area contributed by atoms with Gasteiger partial charge in [-0.25, -0.2) is 0 Å². The van der Waals surface area contributed by atoms with Crippen LogP contribution in [0.5, 0.6) is 0 Å². The Morgan fingerprint density at radius 1 is 1.21 bits per heavy atom. The van der Waals surface area contributed by atoms with Gasteiger partial charge in [0.25, 0.3) is 10.1 Å². The number of hydrogen-bond donors (Lipinski definition) is 0. The second-order valence-electron chi connectivity index (χ2n) is 4.44. The third-order valence-electron chi connectivity index (χ3n) is 3.37. The van der Waals surface area contributed by atoms with E-state index in [9.17, 15) is 8.42 Å². The predicted octanol–water partition coefficient (Wildman–Crippen LogP) is 0.588. The molecular weight excluding hydrogens is 202 g/mol. The topological polar surface area (TPSA) is 46.6 Å². The van der Waals surface area contributed by atoms with Crippen LogP contribution in [-0.4, -0.2) is 44.8 Å². The van der Waals surface area contributed by atoms with Gasteiger partial charge in [0.1, 0.15) is 0 Å². The van der Waals surface area contributed by atoms with E-state index in [0.29, 0.717) is 12.1 Å². The Kier molecular flexibility index (Phi) is 2.57. The van der Waals surface area contributed by atoms with Gasteiger partial charge in [0.2, 0.25) is 0 Å². The van der Waals surface area contributed by atoms with Gasteiger partial charge < -0.3 is 4.90 Å². The van der Waals surface area contributed by atoms with E-state index in [-0.39, 0.29) is 6.10 Å². The molecule has 0 radical (unpaired) electrons. The molecule has 2 fully saturated rings. The van der Waals surface area contributed by atoms with Gasteiger partial charge in [0, 0.05) is 12.1 Å². The van der Waals surface area contributed by atoms with Crippen molar-refractivity contribution < 1.29 is 12.6 Å². The van der Waals surface area contributed by atoms with Gasteiger partial charge >= 0.3 is 0 Å². The van der Waals surface area contributed by atoms with Gasteiger partial charge in [-0.15, -0.1) is 0 Å². The summed E-state index contributed by atoms with van der Waals surface area (Å²) in [7, 11) is -1.15. The smallest absolute Gasteiger partial charge is 0.264 e. The summed E-state index contributed by atoms with van der Waals surface area (Å²) in [6.45, 7) is 0. The van der Waals surface area contributed by atoms with E-state index in [1.165, 1.54) is 12.8 Å². The molecule has 2 saturated heterocycles. The standard InChI is InChI=1S/C9H17NO3S/c1-10-7-3-4-8(10)6-9(5-7)13-14(2,11)12/h7-9H,3-6H2,1-2H3/t7-,8+,9?. The van der Waals surface area contributed by atoms with Crippen LogP contribution in [0.3, 0.4) is 0 Å². The molecule has 82 valence electrons. The Bertz CT molecular complexity index is 300. The number of rotatable bonds is 2. The van der Waals surface area contributed by atoms with Crippen LogP contribution in [0.4, 0.5) is 0 Å². The van der Waals surface area contributed by atoms with Crippen LogP contribution in [0, 0.1) is 0 Å². The molecule has 0 aromatic rings. The zero-order valence-corrected chi connectivity index (χ0v) is 9.46. The van der Waals surface area contributed by atoms with E-state index in [0.717, 1.165) is 19.1 Å². The summed E-state index contributed by atoms with van der Waals surface area (Å²) in [6, 6.07) is 1.06. The summed E-state index contributed by atoms with van der Waals surface area (Å²) in [6.07, 6.45) is 5.14. The highest BCUT2D eigenvalue weighted by Crippen LogP contribution is 2.35. The highest BCUT2D eigenvalue weighted by Gasteiger charge is 2.39. The number of fused-ring (bicyclic) bond motifs is 2. The van der Waals surface area contributed by atoms with Crippen LogP contribution in [0.15, 0.2) is 0 Å². The normalized spacial score (nSPS) is 38.9. The number of hydrogen-bond acceptors (Lipinski definition) is 4. The maximum atomic E-state index is 11.0. The first-order valence-electron chi connectivity index (χ1n) is 5.06. The lowest BCUT2D eigenvalue weighted by Crippen LogP contribution is -2.43. The summed E-state index contributed by atoms with van der Waals surface area (Å²) < 4.78 is 27.0. The van der Waals surface area contributed by atoms with Crippen molar-refractivity contribution in [3.05, 3.63) is 0 Å². The molecular formula is C9H17NO3S. The fourth-order valence-electron chi connectivity index (χ4n) is 2.69. The van der Waals surface area contributed by atoms with Gasteiger partial charge in [-0.05, 0) is 32.7 Å². The van der Waals surface area contributed by atoms with Crippen LogP contribution in [-0.2, 0) is 14.3 Å². The Morgan fingerprint density at radius 2 is 1.71 bits per heavy atom. The molecule has 2 heterocycles. The Hall–Kier alpha value is -0.130. The van der Waals surface area contributed by atoms with Crippen LogP contribution in [0.2, 0.25) is 0 Å². The first kappa shape index (κ1) is 10.4. The fourth-order valence-corrected chi connectivity index (χ4v) is 3.34. The summed E-state index contributed by atoms with van der Waals surface area (Å²) in [5.74, 6) is 0. The molecule has 2 bridgehead atoms. The number of piperidine rings is 1. The van der Waals surface area contributed by atoms with Crippen LogP contribution in [0.1, 0.15) is 25.7 Å². The van der Waals surface area contributed by atoms with Crippen LogP contribution in [0.25, 0.3) is 0 Å². The largest absolute Gasteiger partial charge is 0.300 e. The molecule has 0 amide bonds. The van der Waals surface area contributed by atoms with Gasteiger partial charge in [-0.2, -0.15) is 8.42 Å². The molecule has 5 heteroatoms. The number of nitrogens with zero attached hydrogens (tertiary/aromatic N) is 1. The molecule has 4 nitrogen and oxygen atoms in total. The monoisotopic (exact) mass is 219 g/mol. The lowest BCUT2D eigenvalue weighted by molar-refractivity contribution is 0.0710. The van der Waals surface area contributed by atoms with E-state index < -0.39 is 10.1 Å². The molecule has 0 aliphatic carbocycles. The van der Waals surface area contributed by atoms with E-state index in [2.05, 4.69) is 11.9 Å². The summed E-state index contributed by atoms with van der Waals surface area (Å²) in [4.78, 5) is 2.36. The minimum absolute atomic E-state index is 0.0845. The molecule has 0 saturated carbocycles. The van der Waals surface area contributed by atoms with E-state index in [4.69, 9.17) is 4.18 Å². The zero-order valence-electron chi connectivity index (χ0n) is 8.64. The Balaban J connectivity index is 2.00. The minimum Gasteiger partial charge on any atom is -0.300 e. The van der Waals surface area contributed by atoms with E-state index in [1.54, 1.807) is 0 Å². The summed E-state index contributed by atoms with van der Waals surface area (Å²) in [5, 5.41) is 0. The van der Waals surface area contributed by atoms with Crippen molar-refractivity contribution in [2.75, 3.05) is 13.3 Å². The summed E-state index contributed by atoms with van der Waals surface area (Å²) in [5.41, 5.74) is 0. The van der Waals surface area contributed by atoms with Crippen molar-refractivity contribution in [1.29, 1.82) is 0 Å². The third-order valence-corrected chi connectivity index (χ3v) is 3.99. The first-order chi connectivity index (χ1) is 6.46. The van der Waals surface area contributed by atoms with E-state index in [1.807, 2.05) is 0 Å². The van der Waals surface area contributed by atoms with E-state index >= 15 is 0 Å². The van der Waals surface area contributed by atoms with Crippen molar-refractivity contribution in [3.8, 4) is 0 Å². The highest BCUT2D eigenvalue weighted by molar-refractivity contribution is 7.86. The lowest BCUT2D eigenvalue weighted by Gasteiger charge is -2.35. The molecule has 14 heavy (non-hydrogen) atoms. The minimum atomic E-state index is -3.28. The molecule has 2 aliphatic heterocycles. The van der Waals surface area contributed by atoms with Gasteiger partial charge in [0.15, 0.2) is 0 Å². The second kappa shape index (κ2) is 3.47. The molecule has 0 aromatic carbocycles. The molecule has 0 spiro atoms. The maximum absolute atomic E-state index is 11.0. The average Bonchev–Trinajstić information content (AvgIpc) is 2.32. The Morgan fingerprint density at radius 3 is 2.14 bits per heavy atom. The SMILES string of the molecule is CN1[C@@H]2CC[C@H]1CC(OS(C)(=O)=O)C2. The average molecular weight is 219 g/mol. The molecule has 0 N–H and O–H groups in total. The van der Waals surface area contributed by atoms with Gasteiger partial charge in [-0.3, -0.25) is 4.18 Å². The molecule has 0 aromatic heterocycles. The van der Waals surface area contributed by atoms with Crippen molar-refractivity contribution >= 4 is 10.1 Å². The van der Waals surface area contributed by atoms with Crippen LogP contribution >= 0.6 is 0 Å². The maximum Gasteiger partial charge on any atom is 0.264 e. The molecule has 3 atom stereocenters. The lowest BCUT2D eigenvalue weighted by atomic mass is 10.0. The fraction of sp³-hybridized carbons (Fsp3) is 1.00. The van der Waals surface area contributed by atoms with Crippen molar-refractivity contribution in [2.45, 2.75) is 43.9 Å². The predicted molar refractivity (Wildman–Crippen MR) is 53.5 cm³/mol. The Labute approximate surface area is 85.4 Å². The van der Waals surface area contributed by atoms with Crippen LogP contribution < -0.4 is 0 Å². The highest BCUT2D eigenvalue weighted by atomic mass is 32.2. The second-order valence-corrected chi connectivity index (χ2v) is 6.04. The third kappa shape index (κ3) is 2.10. The molecule has 2 rings (SSSR count). The van der Waals surface area contributed by atoms with Crippen molar-refractivity contribution in [3.63, 3.8) is 0 Å². The van der Waals surface area contributed by atoms with Crippen molar-refractivity contribution in [2.24, 2.45) is 0 Å². The zero-order chi connectivity index (χ0) is 10.3. The quantitative estimate of drug-likeness (QED) is 0.638. The van der Waals surface area contributed by atoms with Gasteiger partial charge in [-0.1, -0.05) is 0 Å².